The molecule has 3 rings (SSSR count). The largest absolute Gasteiger partial charge is 0.486 e. The lowest BCUT2D eigenvalue weighted by Gasteiger charge is -2.09. The lowest BCUT2D eigenvalue weighted by Crippen LogP contribution is -2.06. The number of anilines is 2. The molecule has 2 aromatic heterocycles. The summed E-state index contributed by atoms with van der Waals surface area (Å²) in [6, 6.07) is 11.0. The first-order valence-electron chi connectivity index (χ1n) is 7.66. The fourth-order valence-corrected chi connectivity index (χ4v) is 2.28. The van der Waals surface area contributed by atoms with Crippen LogP contribution in [0.5, 0.6) is 5.75 Å². The third kappa shape index (κ3) is 4.23. The molecule has 3 aromatic rings. The summed E-state index contributed by atoms with van der Waals surface area (Å²) in [4.78, 5) is 8.99. The number of H-pyrrole nitrogens is 1. The quantitative estimate of drug-likeness (QED) is 0.706. The standard InChI is InChI=1S/C17H18ClN5O/c1-3-13-9-15(20-16-8-11(2)22-23-16)21-17(19-13)10-24-14-6-4-12(18)5-7-14/h4-9H,3,10H2,1-2H3,(H2,19,20,21,22,23). The van der Waals surface area contributed by atoms with Gasteiger partial charge >= 0.3 is 0 Å². The Labute approximate surface area is 145 Å². The third-order valence-corrected chi connectivity index (χ3v) is 3.58. The molecule has 0 aliphatic carbocycles. The SMILES string of the molecule is CCc1cc(Nc2cc(C)[nH]n2)nc(COc2ccc(Cl)cc2)n1. The van der Waals surface area contributed by atoms with Crippen LogP contribution in [0, 0.1) is 6.92 Å². The molecule has 0 amide bonds. The maximum Gasteiger partial charge on any atom is 0.168 e. The topological polar surface area (TPSA) is 75.7 Å². The number of hydrogen-bond acceptors (Lipinski definition) is 5. The highest BCUT2D eigenvalue weighted by Crippen LogP contribution is 2.18. The van der Waals surface area contributed by atoms with Crippen LogP contribution < -0.4 is 10.1 Å². The Bertz CT molecular complexity index is 816. The molecule has 0 fully saturated rings. The van der Waals surface area contributed by atoms with E-state index in [-0.39, 0.29) is 6.61 Å². The Hall–Kier alpha value is -2.60. The number of benzene rings is 1. The Morgan fingerprint density at radius 1 is 1.12 bits per heavy atom. The Balaban J connectivity index is 1.74. The van der Waals surface area contributed by atoms with Crippen LogP contribution in [0.25, 0.3) is 0 Å². The third-order valence-electron chi connectivity index (χ3n) is 3.33. The minimum Gasteiger partial charge on any atom is -0.486 e. The van der Waals surface area contributed by atoms with Crippen LogP contribution in [0.2, 0.25) is 5.02 Å². The molecule has 0 saturated carbocycles. The molecule has 0 aliphatic heterocycles. The maximum absolute atomic E-state index is 5.87. The summed E-state index contributed by atoms with van der Waals surface area (Å²) >= 11 is 5.87. The first-order chi connectivity index (χ1) is 11.6. The number of aromatic nitrogens is 4. The molecule has 0 unspecified atom stereocenters. The van der Waals surface area contributed by atoms with Crippen LogP contribution in [-0.2, 0) is 13.0 Å². The number of nitrogens with one attached hydrogen (secondary N) is 2. The fourth-order valence-electron chi connectivity index (χ4n) is 2.15. The summed E-state index contributed by atoms with van der Waals surface area (Å²) in [5.41, 5.74) is 1.92. The van der Waals surface area contributed by atoms with Gasteiger partial charge in [0, 0.05) is 28.5 Å². The van der Waals surface area contributed by atoms with Gasteiger partial charge in [0.05, 0.1) is 0 Å². The van der Waals surface area contributed by atoms with E-state index in [0.717, 1.165) is 29.4 Å². The second-order valence-corrected chi connectivity index (χ2v) is 5.75. The van der Waals surface area contributed by atoms with Crippen LogP contribution in [0.15, 0.2) is 36.4 Å². The van der Waals surface area contributed by atoms with Crippen LogP contribution in [-0.4, -0.2) is 20.2 Å². The summed E-state index contributed by atoms with van der Waals surface area (Å²) in [6.07, 6.45) is 0.810. The number of aromatic amines is 1. The van der Waals surface area contributed by atoms with Gasteiger partial charge in [-0.05, 0) is 37.6 Å². The van der Waals surface area contributed by atoms with Crippen molar-refractivity contribution in [3.05, 3.63) is 58.6 Å². The van der Waals surface area contributed by atoms with E-state index in [4.69, 9.17) is 16.3 Å². The van der Waals surface area contributed by atoms with E-state index < -0.39 is 0 Å². The van der Waals surface area contributed by atoms with Gasteiger partial charge < -0.3 is 10.1 Å². The molecule has 0 spiro atoms. The van der Waals surface area contributed by atoms with E-state index in [0.29, 0.717) is 16.7 Å². The predicted molar refractivity (Wildman–Crippen MR) is 93.8 cm³/mol. The zero-order valence-electron chi connectivity index (χ0n) is 13.5. The van der Waals surface area contributed by atoms with Crippen LogP contribution >= 0.6 is 11.6 Å². The number of hydrogen-bond donors (Lipinski definition) is 2. The normalized spacial score (nSPS) is 10.6. The minimum absolute atomic E-state index is 0.281. The molecule has 0 saturated heterocycles. The van der Waals surface area contributed by atoms with E-state index >= 15 is 0 Å². The molecule has 7 heteroatoms. The highest BCUT2D eigenvalue weighted by atomic mass is 35.5. The number of aryl methyl sites for hydroxylation is 2. The summed E-state index contributed by atoms with van der Waals surface area (Å²) in [5.74, 6) is 2.75. The van der Waals surface area contributed by atoms with E-state index in [9.17, 15) is 0 Å². The minimum atomic E-state index is 0.281. The lowest BCUT2D eigenvalue weighted by atomic mass is 10.3. The molecule has 24 heavy (non-hydrogen) atoms. The molecule has 2 N–H and O–H groups in total. The van der Waals surface area contributed by atoms with Crippen LogP contribution in [0.4, 0.5) is 11.6 Å². The Morgan fingerprint density at radius 3 is 2.58 bits per heavy atom. The molecule has 0 bridgehead atoms. The van der Waals surface area contributed by atoms with Gasteiger partial charge in [-0.15, -0.1) is 0 Å². The molecule has 124 valence electrons. The van der Waals surface area contributed by atoms with Gasteiger partial charge in [0.15, 0.2) is 11.6 Å². The number of ether oxygens (including phenoxy) is 1. The van der Waals surface area contributed by atoms with E-state index in [1.807, 2.05) is 31.2 Å². The van der Waals surface area contributed by atoms with E-state index in [1.54, 1.807) is 12.1 Å². The molecule has 0 aliphatic rings. The molecule has 6 nitrogen and oxygen atoms in total. The zero-order valence-corrected chi connectivity index (χ0v) is 14.3. The first kappa shape index (κ1) is 16.3. The van der Waals surface area contributed by atoms with Gasteiger partial charge in [-0.3, -0.25) is 5.10 Å². The van der Waals surface area contributed by atoms with Crippen molar-refractivity contribution in [2.45, 2.75) is 26.9 Å². The van der Waals surface area contributed by atoms with Gasteiger partial charge in [-0.1, -0.05) is 18.5 Å². The van der Waals surface area contributed by atoms with Crippen molar-refractivity contribution in [3.8, 4) is 5.75 Å². The Morgan fingerprint density at radius 2 is 1.92 bits per heavy atom. The maximum atomic E-state index is 5.87. The average Bonchev–Trinajstić information content (AvgIpc) is 2.99. The van der Waals surface area contributed by atoms with Crippen molar-refractivity contribution in [2.24, 2.45) is 0 Å². The smallest absolute Gasteiger partial charge is 0.168 e. The summed E-state index contributed by atoms with van der Waals surface area (Å²) in [7, 11) is 0. The van der Waals surface area contributed by atoms with Gasteiger partial charge in [-0.2, -0.15) is 5.10 Å². The second kappa shape index (κ2) is 7.31. The molecule has 2 heterocycles. The predicted octanol–water partition coefficient (Wildman–Crippen LogP) is 4.05. The first-order valence-corrected chi connectivity index (χ1v) is 8.04. The van der Waals surface area contributed by atoms with Gasteiger partial charge in [0.25, 0.3) is 0 Å². The summed E-state index contributed by atoms with van der Waals surface area (Å²) < 4.78 is 5.72. The highest BCUT2D eigenvalue weighted by molar-refractivity contribution is 6.30. The van der Waals surface area contributed by atoms with Gasteiger partial charge in [0.1, 0.15) is 18.2 Å². The van der Waals surface area contributed by atoms with E-state index in [1.165, 1.54) is 0 Å². The monoisotopic (exact) mass is 343 g/mol. The van der Waals surface area contributed by atoms with Crippen molar-refractivity contribution in [2.75, 3.05) is 5.32 Å². The zero-order chi connectivity index (χ0) is 16.9. The average molecular weight is 344 g/mol. The lowest BCUT2D eigenvalue weighted by molar-refractivity contribution is 0.295. The molecule has 1 aromatic carbocycles. The van der Waals surface area contributed by atoms with Crippen molar-refractivity contribution in [1.29, 1.82) is 0 Å². The fraction of sp³-hybridized carbons (Fsp3) is 0.235. The molecular weight excluding hydrogens is 326 g/mol. The molecule has 0 atom stereocenters. The van der Waals surface area contributed by atoms with Crippen LogP contribution in [0.1, 0.15) is 24.1 Å². The number of nitrogens with zero attached hydrogens (tertiary/aromatic N) is 3. The Kier molecular flexibility index (Phi) is 4.96. The molecule has 0 radical (unpaired) electrons. The van der Waals surface area contributed by atoms with Crippen LogP contribution in [0.3, 0.4) is 0 Å². The van der Waals surface area contributed by atoms with Crippen molar-refractivity contribution in [1.82, 2.24) is 20.2 Å². The van der Waals surface area contributed by atoms with E-state index in [2.05, 4.69) is 32.4 Å². The second-order valence-electron chi connectivity index (χ2n) is 5.32. The molecular formula is C17H18ClN5O. The van der Waals surface area contributed by atoms with Gasteiger partial charge in [-0.25, -0.2) is 9.97 Å². The number of halogens is 1. The van der Waals surface area contributed by atoms with Crippen molar-refractivity contribution < 1.29 is 4.74 Å². The highest BCUT2D eigenvalue weighted by Gasteiger charge is 2.07. The summed E-state index contributed by atoms with van der Waals surface area (Å²) in [6.45, 7) is 4.28. The summed E-state index contributed by atoms with van der Waals surface area (Å²) in [5, 5.41) is 10.9. The van der Waals surface area contributed by atoms with Gasteiger partial charge in [0.2, 0.25) is 0 Å². The number of rotatable bonds is 6. The van der Waals surface area contributed by atoms with Crippen molar-refractivity contribution >= 4 is 23.2 Å². The van der Waals surface area contributed by atoms with Crippen molar-refractivity contribution in [3.63, 3.8) is 0 Å².